The van der Waals surface area contributed by atoms with Gasteiger partial charge in [-0.15, -0.1) is 0 Å². The van der Waals surface area contributed by atoms with E-state index in [0.29, 0.717) is 16.9 Å². The van der Waals surface area contributed by atoms with Gasteiger partial charge in [-0.05, 0) is 138 Å². The van der Waals surface area contributed by atoms with Gasteiger partial charge in [-0.3, -0.25) is 9.35 Å². The minimum absolute atomic E-state index is 0. The van der Waals surface area contributed by atoms with E-state index in [0.717, 1.165) is 5.56 Å². The molecule has 0 saturated heterocycles. The van der Waals surface area contributed by atoms with Crippen LogP contribution in [0.5, 0.6) is 0 Å². The molecule has 0 fully saturated rings. The van der Waals surface area contributed by atoms with Crippen molar-refractivity contribution in [2.24, 2.45) is 20.4 Å². The molecule has 0 aliphatic carbocycles. The summed E-state index contributed by atoms with van der Waals surface area (Å²) in [5.41, 5.74) is 1.27. The second kappa shape index (κ2) is 24.5. The van der Waals surface area contributed by atoms with Gasteiger partial charge in [-0.1, -0.05) is 53.7 Å². The molecule has 2 rings (SSSR count). The fourth-order valence-corrected chi connectivity index (χ4v) is 5.88. The smallest absolute Gasteiger partial charge is 0.458 e. The van der Waals surface area contributed by atoms with Crippen LogP contribution in [0.2, 0.25) is 0 Å². The Bertz CT molecular complexity index is 1630. The SMILES string of the molecule is CC(C)(C)C=N[S@@](=O)C(C)(C)C.CC(C)(C)OC(=O)c1cc[c-]cc1.CC(C)(C)OC(=O)c1ccc([C@H](C[S@@](=O)C(C)(C)C)C(C)(C)C)cc1.CC(C)(C)[S@@](N)=O.[Li+]. The van der Waals surface area contributed by atoms with Gasteiger partial charge in [-0.2, -0.15) is 34.7 Å². The Kier molecular flexibility index (Phi) is 25.5. The average Bonchev–Trinajstić information content (AvgIpc) is 3.00. The van der Waals surface area contributed by atoms with Crippen LogP contribution in [0.25, 0.3) is 0 Å². The van der Waals surface area contributed by atoms with Gasteiger partial charge in [0.1, 0.15) is 22.2 Å². The Morgan fingerprint density at radius 3 is 1.28 bits per heavy atom. The third-order valence-electron chi connectivity index (χ3n) is 7.01. The number of ether oxygens (including phenoxy) is 2. The van der Waals surface area contributed by atoms with Gasteiger partial charge in [0.15, 0.2) is 0 Å². The largest absolute Gasteiger partial charge is 1.00 e. The molecule has 0 aromatic heterocycles. The Morgan fingerprint density at radius 1 is 0.638 bits per heavy atom. The molecule has 0 amide bonds. The maximum absolute atomic E-state index is 12.7. The van der Waals surface area contributed by atoms with E-state index in [-0.39, 0.29) is 61.8 Å². The predicted molar refractivity (Wildman–Crippen MR) is 245 cm³/mol. The van der Waals surface area contributed by atoms with Crippen molar-refractivity contribution in [3.63, 3.8) is 0 Å². The number of nitrogens with two attached hydrogens (primary N) is 1. The summed E-state index contributed by atoms with van der Waals surface area (Å²) in [7, 11) is -3.23. The zero-order valence-electron chi connectivity index (χ0n) is 40.1. The van der Waals surface area contributed by atoms with Gasteiger partial charge in [0, 0.05) is 33.4 Å². The van der Waals surface area contributed by atoms with Crippen molar-refractivity contribution in [1.82, 2.24) is 0 Å². The van der Waals surface area contributed by atoms with Crippen molar-refractivity contribution in [3.8, 4) is 0 Å². The molecule has 2 aromatic carbocycles. The van der Waals surface area contributed by atoms with Gasteiger partial charge >= 0.3 is 30.8 Å². The van der Waals surface area contributed by atoms with E-state index in [9.17, 15) is 22.2 Å². The normalized spacial score (nSPS) is 14.7. The number of benzene rings is 2. The maximum Gasteiger partial charge on any atom is 1.00 e. The molecule has 9 nitrogen and oxygen atoms in total. The van der Waals surface area contributed by atoms with Crippen LogP contribution < -0.4 is 24.0 Å². The first kappa shape index (κ1) is 60.4. The summed E-state index contributed by atoms with van der Waals surface area (Å²) in [4.78, 5) is 23.6. The number of hydrogen-bond acceptors (Lipinski definition) is 7. The van der Waals surface area contributed by atoms with Crippen molar-refractivity contribution >= 4 is 50.9 Å². The monoisotopic (exact) mass is 861 g/mol. The number of carbonyl (C=O) groups is 2. The first-order valence-corrected chi connectivity index (χ1v) is 22.9. The van der Waals surface area contributed by atoms with Gasteiger partial charge in [-0.25, -0.2) is 18.0 Å². The van der Waals surface area contributed by atoms with Crippen LogP contribution in [-0.2, 0) is 42.2 Å². The minimum Gasteiger partial charge on any atom is -0.458 e. The topological polar surface area (TPSA) is 142 Å². The van der Waals surface area contributed by atoms with Crippen LogP contribution in [0.3, 0.4) is 0 Å². The fourth-order valence-electron chi connectivity index (χ4n) is 3.66. The summed E-state index contributed by atoms with van der Waals surface area (Å²) in [5, 5.41) is 5.04. The molecule has 2 N–H and O–H groups in total. The number of hydrogen-bond donors (Lipinski definition) is 1. The number of carbonyl (C=O) groups excluding carboxylic acids is 2. The van der Waals surface area contributed by atoms with Gasteiger partial charge in [0.2, 0.25) is 0 Å². The molecular weight excluding hydrogens is 784 g/mol. The molecule has 0 heterocycles. The van der Waals surface area contributed by atoms with Gasteiger partial charge < -0.3 is 9.47 Å². The van der Waals surface area contributed by atoms with Crippen molar-refractivity contribution in [1.29, 1.82) is 0 Å². The van der Waals surface area contributed by atoms with Crippen molar-refractivity contribution < 1.29 is 50.6 Å². The molecule has 13 heteroatoms. The summed E-state index contributed by atoms with van der Waals surface area (Å²) in [6, 6.07) is 17.2. The van der Waals surface area contributed by atoms with E-state index in [2.05, 4.69) is 31.2 Å². The number of esters is 2. The summed E-state index contributed by atoms with van der Waals surface area (Å²) >= 11 is 0. The van der Waals surface area contributed by atoms with Crippen molar-refractivity contribution in [2.75, 3.05) is 5.75 Å². The molecule has 0 bridgehead atoms. The van der Waals surface area contributed by atoms with Crippen LogP contribution >= 0.6 is 0 Å². The van der Waals surface area contributed by atoms with Gasteiger partial charge in [0.25, 0.3) is 0 Å². The Hall–Kier alpha value is -1.94. The average molecular weight is 861 g/mol. The third-order valence-corrected chi connectivity index (χ3v) is 11.6. The molecule has 4 atom stereocenters. The molecule has 0 spiro atoms. The van der Waals surface area contributed by atoms with Crippen LogP contribution in [0.15, 0.2) is 52.9 Å². The van der Waals surface area contributed by atoms with Gasteiger partial charge in [0.05, 0.1) is 26.0 Å². The molecule has 0 unspecified atom stereocenters. The molecule has 0 aliphatic heterocycles. The van der Waals surface area contributed by atoms with Crippen molar-refractivity contribution in [2.45, 2.75) is 177 Å². The van der Waals surface area contributed by atoms with E-state index in [4.69, 9.17) is 14.6 Å². The molecule has 0 aliphatic rings. The first-order valence-electron chi connectivity index (χ1n) is 19.2. The molecule has 2 aromatic rings. The van der Waals surface area contributed by atoms with E-state index in [1.165, 1.54) is 0 Å². The molecule has 328 valence electrons. The van der Waals surface area contributed by atoms with Crippen LogP contribution in [0, 0.1) is 16.9 Å². The van der Waals surface area contributed by atoms with Crippen molar-refractivity contribution in [3.05, 3.63) is 71.3 Å². The molecule has 58 heavy (non-hydrogen) atoms. The standard InChI is InChI=1S/C21H34O3S.C11H13O2.C9H19NOS.C4H11NOS.Li/c1-19(2,3)17(14-25(23)21(7,8)9)15-10-12-16(13-11-15)18(22)24-20(4,5)6;1-11(2,3)13-10(12)9-7-5-4-6-8-9;1-8(2,3)7-10-12(11)9(4,5)6;1-4(2,3)7(5)6;/h10-13,17H,14H2,1-9H3;5-8H,1-3H3;7H,1-6H3;5H2,1-3H3;/q;-1;;;+1/t17-,25+;;12-;7-;/m0.00./s1. The fraction of sp³-hybridized carbons (Fsp3) is 0.667. The second-order valence-corrected chi connectivity index (χ2v) is 26.8. The zero-order valence-corrected chi connectivity index (χ0v) is 42.5. The second-order valence-electron chi connectivity index (χ2n) is 20.8. The summed E-state index contributed by atoms with van der Waals surface area (Å²) in [5.74, 6) is 0.157. The minimum atomic E-state index is -1.18. The van der Waals surface area contributed by atoms with E-state index in [1.807, 2.05) is 149 Å². The predicted octanol–water partition coefficient (Wildman–Crippen LogP) is 7.74. The number of rotatable bonds is 6. The summed E-state index contributed by atoms with van der Waals surface area (Å²) in [6.45, 7) is 41.0. The Morgan fingerprint density at radius 2 is 1.00 bits per heavy atom. The Labute approximate surface area is 373 Å². The third kappa shape index (κ3) is 29.3. The zero-order chi connectivity index (χ0) is 45.6. The first-order chi connectivity index (χ1) is 25.2. The summed E-state index contributed by atoms with van der Waals surface area (Å²) in [6.07, 6.45) is 1.76. The van der Waals surface area contributed by atoms with Crippen LogP contribution in [0.1, 0.15) is 178 Å². The maximum atomic E-state index is 12.7. The van der Waals surface area contributed by atoms with E-state index >= 15 is 0 Å². The van der Waals surface area contributed by atoms with E-state index < -0.39 is 44.0 Å². The Balaban J connectivity index is -0.000000772. The molecule has 0 radical (unpaired) electrons. The quantitative estimate of drug-likeness (QED) is 0.136. The van der Waals surface area contributed by atoms with Crippen LogP contribution in [-0.4, -0.2) is 62.0 Å². The van der Waals surface area contributed by atoms with Crippen LogP contribution in [0.4, 0.5) is 0 Å². The molecular formula is C45H77LiN2O7S3. The van der Waals surface area contributed by atoms with E-state index in [1.54, 1.807) is 30.5 Å². The molecule has 0 saturated carbocycles. The summed E-state index contributed by atoms with van der Waals surface area (Å²) < 4.78 is 48.3. The number of nitrogens with zero attached hydrogens (tertiary/aromatic N) is 1.